The molecule has 7 nitrogen and oxygen atoms in total. The fourth-order valence-electron chi connectivity index (χ4n) is 3.23. The van der Waals surface area contributed by atoms with Crippen LogP contribution in [-0.4, -0.2) is 27.5 Å². The van der Waals surface area contributed by atoms with Gasteiger partial charge >= 0.3 is 0 Å². The highest BCUT2D eigenvalue weighted by Gasteiger charge is 2.19. The summed E-state index contributed by atoms with van der Waals surface area (Å²) in [7, 11) is -3.85. The first-order chi connectivity index (χ1) is 15.3. The van der Waals surface area contributed by atoms with Crippen molar-refractivity contribution in [1.29, 1.82) is 0 Å². The first kappa shape index (κ1) is 22.0. The molecule has 0 radical (unpaired) electrons. The Hall–Kier alpha value is -3.23. The van der Waals surface area contributed by atoms with E-state index in [4.69, 9.17) is 21.1 Å². The van der Waals surface area contributed by atoms with Crippen molar-refractivity contribution in [3.63, 3.8) is 0 Å². The molecule has 1 heterocycles. The zero-order valence-electron chi connectivity index (χ0n) is 17.2. The van der Waals surface area contributed by atoms with Crippen molar-refractivity contribution in [2.45, 2.75) is 17.9 Å². The van der Waals surface area contributed by atoms with E-state index in [1.165, 1.54) is 24.3 Å². The number of carbonyl (C=O) groups is 1. The Morgan fingerprint density at radius 1 is 0.969 bits per heavy atom. The number of fused-ring (bicyclic) bond motifs is 1. The van der Waals surface area contributed by atoms with Gasteiger partial charge in [-0.2, -0.15) is 0 Å². The summed E-state index contributed by atoms with van der Waals surface area (Å²) < 4.78 is 38.8. The molecule has 0 saturated heterocycles. The Labute approximate surface area is 191 Å². The summed E-state index contributed by atoms with van der Waals surface area (Å²) in [5.74, 6) is 1.01. The third-order valence-electron chi connectivity index (χ3n) is 4.96. The molecule has 0 aromatic heterocycles. The van der Waals surface area contributed by atoms with Crippen molar-refractivity contribution in [3.8, 4) is 11.5 Å². The molecule has 0 aliphatic carbocycles. The van der Waals surface area contributed by atoms with E-state index in [2.05, 4.69) is 10.0 Å². The van der Waals surface area contributed by atoms with Gasteiger partial charge in [-0.25, -0.2) is 8.42 Å². The van der Waals surface area contributed by atoms with Crippen molar-refractivity contribution in [2.75, 3.05) is 17.9 Å². The third-order valence-corrected chi connectivity index (χ3v) is 6.67. The Kier molecular flexibility index (Phi) is 6.25. The van der Waals surface area contributed by atoms with E-state index in [1.54, 1.807) is 24.3 Å². The van der Waals surface area contributed by atoms with Crippen molar-refractivity contribution >= 4 is 33.2 Å². The van der Waals surface area contributed by atoms with Gasteiger partial charge in [0.15, 0.2) is 11.5 Å². The summed E-state index contributed by atoms with van der Waals surface area (Å²) in [6.45, 7) is 2.85. The van der Waals surface area contributed by atoms with Crippen LogP contribution in [0.3, 0.4) is 0 Å². The summed E-state index contributed by atoms with van der Waals surface area (Å²) in [5.41, 5.74) is 1.49. The summed E-state index contributed by atoms with van der Waals surface area (Å²) in [6.07, 6.45) is 0. The average Bonchev–Trinajstić information content (AvgIpc) is 2.80. The molecule has 0 fully saturated rings. The van der Waals surface area contributed by atoms with Crippen LogP contribution in [-0.2, 0) is 10.0 Å². The molecule has 0 unspecified atom stereocenters. The number of nitrogens with one attached hydrogen (secondary N) is 2. The Bertz CT molecular complexity index is 1250. The van der Waals surface area contributed by atoms with E-state index in [0.29, 0.717) is 35.3 Å². The van der Waals surface area contributed by atoms with Crippen LogP contribution in [0.25, 0.3) is 0 Å². The van der Waals surface area contributed by atoms with E-state index < -0.39 is 10.0 Å². The monoisotopic (exact) mass is 472 g/mol. The van der Waals surface area contributed by atoms with Crippen molar-refractivity contribution in [1.82, 2.24) is 5.32 Å². The van der Waals surface area contributed by atoms with Gasteiger partial charge in [-0.1, -0.05) is 29.8 Å². The number of amides is 1. The normalized spacial score (nSPS) is 13.8. The molecule has 1 aliphatic rings. The summed E-state index contributed by atoms with van der Waals surface area (Å²) in [6, 6.07) is 17.5. The standard InChI is InChI=1S/C23H21ClN2O5S/c1-15(17-8-11-21-22(14-17)31-13-12-30-21)25-23(27)16-6-9-18(10-7-16)32(28,29)26-20-5-3-2-4-19(20)24/h2-11,14-15,26H,12-13H2,1H3,(H,25,27)/t15-/m1/s1. The first-order valence-corrected chi connectivity index (χ1v) is 11.8. The lowest BCUT2D eigenvalue weighted by Crippen LogP contribution is -2.27. The second-order valence-electron chi connectivity index (χ2n) is 7.21. The minimum absolute atomic E-state index is 0.0221. The fourth-order valence-corrected chi connectivity index (χ4v) is 4.54. The molecule has 1 aliphatic heterocycles. The SMILES string of the molecule is C[C@@H](NC(=O)c1ccc(S(=O)(=O)Nc2ccccc2Cl)cc1)c1ccc2c(c1)OCCO2. The van der Waals surface area contributed by atoms with E-state index >= 15 is 0 Å². The number of carbonyl (C=O) groups excluding carboxylic acids is 1. The Morgan fingerprint density at radius 2 is 1.66 bits per heavy atom. The predicted molar refractivity (Wildman–Crippen MR) is 122 cm³/mol. The number of ether oxygens (including phenoxy) is 2. The van der Waals surface area contributed by atoms with Crippen LogP contribution >= 0.6 is 11.6 Å². The predicted octanol–water partition coefficient (Wildman–Crippen LogP) is 4.40. The zero-order chi connectivity index (χ0) is 22.7. The quantitative estimate of drug-likeness (QED) is 0.554. The maximum atomic E-state index is 12.7. The molecule has 32 heavy (non-hydrogen) atoms. The molecule has 166 valence electrons. The third kappa shape index (κ3) is 4.81. The minimum Gasteiger partial charge on any atom is -0.486 e. The van der Waals surface area contributed by atoms with Crippen LogP contribution in [0.4, 0.5) is 5.69 Å². The average molecular weight is 473 g/mol. The molecule has 3 aromatic rings. The second kappa shape index (κ2) is 9.10. The molecule has 1 atom stereocenters. The van der Waals surface area contributed by atoms with Crippen molar-refractivity contribution < 1.29 is 22.7 Å². The van der Waals surface area contributed by atoms with E-state index in [1.807, 2.05) is 25.1 Å². The number of sulfonamides is 1. The summed E-state index contributed by atoms with van der Waals surface area (Å²) in [5, 5.41) is 3.20. The molecule has 9 heteroatoms. The highest BCUT2D eigenvalue weighted by molar-refractivity contribution is 7.92. The molecule has 0 saturated carbocycles. The van der Waals surface area contributed by atoms with E-state index in [-0.39, 0.29) is 22.5 Å². The van der Waals surface area contributed by atoms with Crippen LogP contribution in [0.1, 0.15) is 28.9 Å². The molecular weight excluding hydrogens is 452 g/mol. The number of hydrogen-bond acceptors (Lipinski definition) is 5. The van der Waals surface area contributed by atoms with Gasteiger partial charge in [-0.3, -0.25) is 9.52 Å². The number of anilines is 1. The van der Waals surface area contributed by atoms with E-state index in [0.717, 1.165) is 5.56 Å². The van der Waals surface area contributed by atoms with Crippen molar-refractivity contribution in [2.24, 2.45) is 0 Å². The second-order valence-corrected chi connectivity index (χ2v) is 9.30. The lowest BCUT2D eigenvalue weighted by molar-refractivity contribution is 0.0939. The number of halogens is 1. The van der Waals surface area contributed by atoms with Crippen LogP contribution in [0, 0.1) is 0 Å². The number of para-hydroxylation sites is 1. The highest BCUT2D eigenvalue weighted by Crippen LogP contribution is 2.32. The number of rotatable bonds is 6. The summed E-state index contributed by atoms with van der Waals surface area (Å²) >= 11 is 6.03. The van der Waals surface area contributed by atoms with Gasteiger partial charge in [0.1, 0.15) is 13.2 Å². The Balaban J connectivity index is 1.44. The number of hydrogen-bond donors (Lipinski definition) is 2. The smallest absolute Gasteiger partial charge is 0.261 e. The maximum absolute atomic E-state index is 12.7. The van der Waals surface area contributed by atoms with Crippen LogP contribution < -0.4 is 19.5 Å². The largest absolute Gasteiger partial charge is 0.486 e. The fraction of sp³-hybridized carbons (Fsp3) is 0.174. The zero-order valence-corrected chi connectivity index (χ0v) is 18.7. The van der Waals surface area contributed by atoms with Gasteiger partial charge in [0.05, 0.1) is 21.6 Å². The molecule has 4 rings (SSSR count). The van der Waals surface area contributed by atoms with Gasteiger partial charge in [-0.15, -0.1) is 0 Å². The van der Waals surface area contributed by atoms with Crippen LogP contribution in [0.2, 0.25) is 5.02 Å². The maximum Gasteiger partial charge on any atom is 0.261 e. The lowest BCUT2D eigenvalue weighted by Gasteiger charge is -2.21. The Morgan fingerprint density at radius 3 is 2.38 bits per heavy atom. The van der Waals surface area contributed by atoms with Gasteiger partial charge in [0.25, 0.3) is 15.9 Å². The van der Waals surface area contributed by atoms with Crippen LogP contribution in [0.5, 0.6) is 11.5 Å². The molecular formula is C23H21ClN2O5S. The molecule has 0 bridgehead atoms. The van der Waals surface area contributed by atoms with E-state index in [9.17, 15) is 13.2 Å². The van der Waals surface area contributed by atoms with Crippen LogP contribution in [0.15, 0.2) is 71.6 Å². The van der Waals surface area contributed by atoms with Gasteiger partial charge < -0.3 is 14.8 Å². The first-order valence-electron chi connectivity index (χ1n) is 9.91. The minimum atomic E-state index is -3.85. The molecule has 2 N–H and O–H groups in total. The van der Waals surface area contributed by atoms with Crippen molar-refractivity contribution in [3.05, 3.63) is 82.9 Å². The lowest BCUT2D eigenvalue weighted by atomic mass is 10.1. The molecule has 3 aromatic carbocycles. The number of benzene rings is 3. The van der Waals surface area contributed by atoms with Gasteiger partial charge in [0.2, 0.25) is 0 Å². The summed E-state index contributed by atoms with van der Waals surface area (Å²) in [4.78, 5) is 12.7. The molecule has 0 spiro atoms. The topological polar surface area (TPSA) is 93.7 Å². The van der Waals surface area contributed by atoms with Gasteiger partial charge in [0, 0.05) is 5.56 Å². The molecule has 1 amide bonds. The highest BCUT2D eigenvalue weighted by atomic mass is 35.5. The van der Waals surface area contributed by atoms with Gasteiger partial charge in [-0.05, 0) is 61.0 Å².